The molecule has 1 aromatic heterocycles. The van der Waals surface area contributed by atoms with E-state index in [9.17, 15) is 0 Å². The lowest BCUT2D eigenvalue weighted by Crippen LogP contribution is -2.18. The second-order valence-corrected chi connectivity index (χ2v) is 3.58. The van der Waals surface area contributed by atoms with Gasteiger partial charge in [0.25, 0.3) is 0 Å². The second kappa shape index (κ2) is 5.23. The maximum absolute atomic E-state index is 8.86. The van der Waals surface area contributed by atoms with Crippen molar-refractivity contribution in [1.29, 1.82) is 5.26 Å². The van der Waals surface area contributed by atoms with Gasteiger partial charge in [-0.05, 0) is 18.1 Å². The standard InChI is InChI=1S/C11H15N3/c1-9(2)10(7-12)8-14-11-5-3-4-6-13-11/h3-6,9-10H,8H2,1-2H3,(H,13,14). The summed E-state index contributed by atoms with van der Waals surface area (Å²) < 4.78 is 0. The summed E-state index contributed by atoms with van der Waals surface area (Å²) in [6.07, 6.45) is 1.74. The zero-order chi connectivity index (χ0) is 10.4. The molecular formula is C11H15N3. The van der Waals surface area contributed by atoms with Crippen molar-refractivity contribution in [2.75, 3.05) is 11.9 Å². The summed E-state index contributed by atoms with van der Waals surface area (Å²) in [7, 11) is 0. The van der Waals surface area contributed by atoms with Crippen LogP contribution >= 0.6 is 0 Å². The lowest BCUT2D eigenvalue weighted by Gasteiger charge is -2.13. The first-order valence-electron chi connectivity index (χ1n) is 4.78. The number of nitrogens with zero attached hydrogens (tertiary/aromatic N) is 2. The first-order chi connectivity index (χ1) is 6.74. The summed E-state index contributed by atoms with van der Waals surface area (Å²) in [4.78, 5) is 4.12. The first-order valence-corrected chi connectivity index (χ1v) is 4.78. The number of nitriles is 1. The van der Waals surface area contributed by atoms with Gasteiger partial charge in [0.2, 0.25) is 0 Å². The molecule has 74 valence electrons. The van der Waals surface area contributed by atoms with Gasteiger partial charge < -0.3 is 5.32 Å². The Morgan fingerprint density at radius 3 is 2.79 bits per heavy atom. The van der Waals surface area contributed by atoms with Gasteiger partial charge >= 0.3 is 0 Å². The van der Waals surface area contributed by atoms with Crippen molar-refractivity contribution >= 4 is 5.82 Å². The van der Waals surface area contributed by atoms with Gasteiger partial charge in [-0.3, -0.25) is 0 Å². The van der Waals surface area contributed by atoms with Gasteiger partial charge in [0.1, 0.15) is 5.82 Å². The molecule has 0 saturated carbocycles. The quantitative estimate of drug-likeness (QED) is 0.790. The summed E-state index contributed by atoms with van der Waals surface area (Å²) in [5.41, 5.74) is 0. The Labute approximate surface area is 84.8 Å². The predicted octanol–water partition coefficient (Wildman–Crippen LogP) is 2.29. The van der Waals surface area contributed by atoms with Crippen LogP contribution in [-0.4, -0.2) is 11.5 Å². The van der Waals surface area contributed by atoms with Crippen LogP contribution in [0.25, 0.3) is 0 Å². The average molecular weight is 189 g/mol. The molecule has 0 radical (unpaired) electrons. The van der Waals surface area contributed by atoms with Crippen molar-refractivity contribution in [3.05, 3.63) is 24.4 Å². The van der Waals surface area contributed by atoms with Crippen LogP contribution in [0.5, 0.6) is 0 Å². The summed E-state index contributed by atoms with van der Waals surface area (Å²) in [5, 5.41) is 12.0. The summed E-state index contributed by atoms with van der Waals surface area (Å²) >= 11 is 0. The summed E-state index contributed by atoms with van der Waals surface area (Å²) in [6.45, 7) is 4.76. The molecule has 1 aromatic rings. The number of rotatable bonds is 4. The Bertz CT molecular complexity index is 300. The van der Waals surface area contributed by atoms with Crippen LogP contribution in [0.4, 0.5) is 5.82 Å². The molecule has 0 aliphatic carbocycles. The molecule has 0 amide bonds. The largest absolute Gasteiger partial charge is 0.369 e. The van der Waals surface area contributed by atoms with E-state index in [0.717, 1.165) is 5.82 Å². The van der Waals surface area contributed by atoms with Gasteiger partial charge in [0, 0.05) is 12.7 Å². The number of anilines is 1. The van der Waals surface area contributed by atoms with Crippen molar-refractivity contribution < 1.29 is 0 Å². The van der Waals surface area contributed by atoms with E-state index in [2.05, 4.69) is 16.4 Å². The van der Waals surface area contributed by atoms with Crippen molar-refractivity contribution in [3.8, 4) is 6.07 Å². The lowest BCUT2D eigenvalue weighted by atomic mass is 9.98. The topological polar surface area (TPSA) is 48.7 Å². The summed E-state index contributed by atoms with van der Waals surface area (Å²) in [6, 6.07) is 7.97. The van der Waals surface area contributed by atoms with Crippen LogP contribution < -0.4 is 5.32 Å². The highest BCUT2D eigenvalue weighted by Crippen LogP contribution is 2.10. The summed E-state index contributed by atoms with van der Waals surface area (Å²) in [5.74, 6) is 1.24. The van der Waals surface area contributed by atoms with Crippen molar-refractivity contribution in [2.45, 2.75) is 13.8 Å². The minimum atomic E-state index is 0.0389. The van der Waals surface area contributed by atoms with Crippen LogP contribution in [0.2, 0.25) is 0 Å². The molecule has 0 aliphatic rings. The Hall–Kier alpha value is -1.56. The third-order valence-corrected chi connectivity index (χ3v) is 2.14. The lowest BCUT2D eigenvalue weighted by molar-refractivity contribution is 0.496. The monoisotopic (exact) mass is 189 g/mol. The van der Waals surface area contributed by atoms with Gasteiger partial charge in [-0.2, -0.15) is 5.26 Å². The van der Waals surface area contributed by atoms with Crippen LogP contribution in [0.1, 0.15) is 13.8 Å². The van der Waals surface area contributed by atoms with Gasteiger partial charge in [-0.15, -0.1) is 0 Å². The number of nitrogens with one attached hydrogen (secondary N) is 1. The Morgan fingerprint density at radius 2 is 2.29 bits per heavy atom. The molecule has 0 aromatic carbocycles. The fourth-order valence-corrected chi connectivity index (χ4v) is 1.11. The van der Waals surface area contributed by atoms with Crippen molar-refractivity contribution in [3.63, 3.8) is 0 Å². The Morgan fingerprint density at radius 1 is 1.50 bits per heavy atom. The zero-order valence-electron chi connectivity index (χ0n) is 8.57. The average Bonchev–Trinajstić information content (AvgIpc) is 2.20. The molecule has 0 aliphatic heterocycles. The molecule has 3 heteroatoms. The number of pyridine rings is 1. The highest BCUT2D eigenvalue weighted by Gasteiger charge is 2.11. The molecule has 14 heavy (non-hydrogen) atoms. The van der Waals surface area contributed by atoms with E-state index in [0.29, 0.717) is 12.5 Å². The highest BCUT2D eigenvalue weighted by molar-refractivity contribution is 5.33. The third-order valence-electron chi connectivity index (χ3n) is 2.14. The molecule has 0 fully saturated rings. The third kappa shape index (κ3) is 3.06. The van der Waals surface area contributed by atoms with Crippen LogP contribution in [-0.2, 0) is 0 Å². The molecular weight excluding hydrogens is 174 g/mol. The number of aromatic nitrogens is 1. The molecule has 1 rings (SSSR count). The SMILES string of the molecule is CC(C)C(C#N)CNc1ccccn1. The van der Waals surface area contributed by atoms with E-state index >= 15 is 0 Å². The van der Waals surface area contributed by atoms with Crippen LogP contribution in [0.3, 0.4) is 0 Å². The zero-order valence-corrected chi connectivity index (χ0v) is 8.57. The van der Waals surface area contributed by atoms with E-state index < -0.39 is 0 Å². The van der Waals surface area contributed by atoms with Gasteiger partial charge in [0.15, 0.2) is 0 Å². The minimum Gasteiger partial charge on any atom is -0.369 e. The minimum absolute atomic E-state index is 0.0389. The molecule has 3 nitrogen and oxygen atoms in total. The van der Waals surface area contributed by atoms with E-state index in [-0.39, 0.29) is 5.92 Å². The van der Waals surface area contributed by atoms with Gasteiger partial charge in [0.05, 0.1) is 12.0 Å². The highest BCUT2D eigenvalue weighted by atomic mass is 15.0. The molecule has 1 atom stereocenters. The van der Waals surface area contributed by atoms with Gasteiger partial charge in [-0.1, -0.05) is 19.9 Å². The maximum Gasteiger partial charge on any atom is 0.125 e. The van der Waals surface area contributed by atoms with Crippen LogP contribution in [0.15, 0.2) is 24.4 Å². The molecule has 1 heterocycles. The van der Waals surface area contributed by atoms with Gasteiger partial charge in [-0.25, -0.2) is 4.98 Å². The van der Waals surface area contributed by atoms with E-state index in [4.69, 9.17) is 5.26 Å². The second-order valence-electron chi connectivity index (χ2n) is 3.58. The number of hydrogen-bond acceptors (Lipinski definition) is 3. The Balaban J connectivity index is 2.45. The van der Waals surface area contributed by atoms with Crippen LogP contribution in [0, 0.1) is 23.2 Å². The molecule has 1 N–H and O–H groups in total. The fourth-order valence-electron chi connectivity index (χ4n) is 1.11. The normalized spacial score (nSPS) is 12.1. The maximum atomic E-state index is 8.86. The first kappa shape index (κ1) is 10.5. The molecule has 1 unspecified atom stereocenters. The fraction of sp³-hybridized carbons (Fsp3) is 0.455. The predicted molar refractivity (Wildman–Crippen MR) is 56.7 cm³/mol. The smallest absolute Gasteiger partial charge is 0.125 e. The van der Waals surface area contributed by atoms with Crippen molar-refractivity contribution in [2.24, 2.45) is 11.8 Å². The van der Waals surface area contributed by atoms with E-state index in [1.54, 1.807) is 6.20 Å². The molecule has 0 saturated heterocycles. The Kier molecular flexibility index (Phi) is 3.93. The van der Waals surface area contributed by atoms with E-state index in [1.165, 1.54) is 0 Å². The van der Waals surface area contributed by atoms with E-state index in [1.807, 2.05) is 32.0 Å². The molecule has 0 bridgehead atoms. The number of hydrogen-bond donors (Lipinski definition) is 1. The molecule has 0 spiro atoms. The van der Waals surface area contributed by atoms with Crippen molar-refractivity contribution in [1.82, 2.24) is 4.98 Å².